The van der Waals surface area contributed by atoms with E-state index in [1.54, 1.807) is 0 Å². The summed E-state index contributed by atoms with van der Waals surface area (Å²) in [5.41, 5.74) is -0.159. The van der Waals surface area contributed by atoms with E-state index in [1.165, 1.54) is 0 Å². The van der Waals surface area contributed by atoms with E-state index in [9.17, 15) is 4.79 Å². The van der Waals surface area contributed by atoms with Crippen LogP contribution in [0.5, 0.6) is 0 Å². The molecule has 0 atom stereocenters. The maximum atomic E-state index is 12.1. The molecular weight excluding hydrogens is 256 g/mol. The monoisotopic (exact) mass is 274 g/mol. The summed E-state index contributed by atoms with van der Waals surface area (Å²) in [4.78, 5) is 12.1. The number of hydrogen-bond donors (Lipinski definition) is 2. The lowest BCUT2D eigenvalue weighted by Gasteiger charge is -2.35. The van der Waals surface area contributed by atoms with Crippen molar-refractivity contribution in [1.82, 2.24) is 10.6 Å². The lowest BCUT2D eigenvalue weighted by atomic mass is 9.76. The smallest absolute Gasteiger partial charge is 0.226 e. The van der Waals surface area contributed by atoms with Crippen molar-refractivity contribution in [2.24, 2.45) is 5.41 Å². The first-order chi connectivity index (χ1) is 7.10. The highest BCUT2D eigenvalue weighted by molar-refractivity contribution is 9.11. The summed E-state index contributed by atoms with van der Waals surface area (Å²) in [7, 11) is 0. The molecule has 4 heteroatoms. The van der Waals surface area contributed by atoms with Crippen molar-refractivity contribution in [2.45, 2.75) is 26.2 Å². The molecule has 1 aliphatic rings. The Morgan fingerprint density at radius 1 is 1.53 bits per heavy atom. The summed E-state index contributed by atoms with van der Waals surface area (Å²) in [6, 6.07) is 0. The second kappa shape index (κ2) is 5.66. The van der Waals surface area contributed by atoms with Gasteiger partial charge in [-0.15, -0.1) is 0 Å². The highest BCUT2D eigenvalue weighted by Crippen LogP contribution is 2.32. The number of piperidine rings is 1. The number of carbonyl (C=O) groups is 1. The molecule has 3 nitrogen and oxygen atoms in total. The van der Waals surface area contributed by atoms with Crippen molar-refractivity contribution in [3.63, 3.8) is 0 Å². The quantitative estimate of drug-likeness (QED) is 0.821. The van der Waals surface area contributed by atoms with Gasteiger partial charge in [-0.05, 0) is 32.4 Å². The molecule has 0 aromatic rings. The molecule has 1 fully saturated rings. The number of amides is 1. The third kappa shape index (κ3) is 3.31. The molecule has 1 rings (SSSR count). The molecule has 1 amide bonds. The van der Waals surface area contributed by atoms with Crippen LogP contribution in [0.4, 0.5) is 0 Å². The fourth-order valence-electron chi connectivity index (χ4n) is 2.01. The van der Waals surface area contributed by atoms with Crippen LogP contribution in [0.1, 0.15) is 26.2 Å². The van der Waals surface area contributed by atoms with Gasteiger partial charge in [0, 0.05) is 11.0 Å². The Morgan fingerprint density at radius 2 is 2.13 bits per heavy atom. The second-order valence-corrected chi connectivity index (χ2v) is 5.21. The summed E-state index contributed by atoms with van der Waals surface area (Å²) in [6.45, 7) is 8.21. The van der Waals surface area contributed by atoms with Crippen LogP contribution in [0.25, 0.3) is 0 Å². The molecule has 0 radical (unpaired) electrons. The van der Waals surface area contributed by atoms with E-state index < -0.39 is 0 Å². The Morgan fingerprint density at radius 3 is 2.60 bits per heavy atom. The zero-order chi connectivity index (χ0) is 11.3. The van der Waals surface area contributed by atoms with Crippen LogP contribution in [0.3, 0.4) is 0 Å². The number of nitrogens with one attached hydrogen (secondary N) is 2. The largest absolute Gasteiger partial charge is 0.351 e. The molecule has 15 heavy (non-hydrogen) atoms. The van der Waals surface area contributed by atoms with Crippen molar-refractivity contribution in [3.05, 3.63) is 11.1 Å². The minimum absolute atomic E-state index is 0.159. The Kier molecular flexibility index (Phi) is 4.80. The van der Waals surface area contributed by atoms with Gasteiger partial charge in [0.05, 0.1) is 5.41 Å². The van der Waals surface area contributed by atoms with Crippen molar-refractivity contribution >= 4 is 21.8 Å². The van der Waals surface area contributed by atoms with E-state index in [-0.39, 0.29) is 11.3 Å². The molecule has 0 spiro atoms. The van der Waals surface area contributed by atoms with Crippen molar-refractivity contribution in [1.29, 1.82) is 0 Å². The number of rotatable bonds is 4. The van der Waals surface area contributed by atoms with E-state index in [0.717, 1.165) is 36.8 Å². The lowest BCUT2D eigenvalue weighted by Crippen LogP contribution is -2.47. The van der Waals surface area contributed by atoms with E-state index in [4.69, 9.17) is 0 Å². The van der Waals surface area contributed by atoms with E-state index in [2.05, 4.69) is 40.1 Å². The second-order valence-electron chi connectivity index (χ2n) is 4.08. The van der Waals surface area contributed by atoms with Crippen molar-refractivity contribution in [2.75, 3.05) is 19.6 Å². The molecular formula is C11H19BrN2O. The van der Waals surface area contributed by atoms with Crippen LogP contribution >= 0.6 is 15.9 Å². The topological polar surface area (TPSA) is 41.1 Å². The SMILES string of the molecule is C=C(Br)CNC(=O)C1(CC)CCNCC1. The van der Waals surface area contributed by atoms with Gasteiger partial charge in [-0.2, -0.15) is 0 Å². The van der Waals surface area contributed by atoms with Gasteiger partial charge in [0.1, 0.15) is 0 Å². The van der Waals surface area contributed by atoms with Gasteiger partial charge < -0.3 is 10.6 Å². The fraction of sp³-hybridized carbons (Fsp3) is 0.727. The predicted octanol–water partition coefficient (Wildman–Crippen LogP) is 1.79. The van der Waals surface area contributed by atoms with Gasteiger partial charge >= 0.3 is 0 Å². The Hall–Kier alpha value is -0.350. The standard InChI is InChI=1S/C11H19BrN2O/c1-3-11(4-6-13-7-5-11)10(15)14-8-9(2)12/h13H,2-8H2,1H3,(H,14,15). The third-order valence-corrected chi connectivity index (χ3v) is 3.44. The molecule has 1 saturated heterocycles. The molecule has 0 saturated carbocycles. The highest BCUT2D eigenvalue weighted by atomic mass is 79.9. The van der Waals surface area contributed by atoms with Crippen LogP contribution in [-0.2, 0) is 4.79 Å². The number of halogens is 1. The Balaban J connectivity index is 2.55. The first-order valence-corrected chi connectivity index (χ1v) is 6.22. The zero-order valence-electron chi connectivity index (χ0n) is 9.24. The van der Waals surface area contributed by atoms with E-state index in [0.29, 0.717) is 6.54 Å². The van der Waals surface area contributed by atoms with Gasteiger partial charge in [-0.1, -0.05) is 29.4 Å². The molecule has 0 aromatic heterocycles. The molecule has 1 aliphatic heterocycles. The third-order valence-electron chi connectivity index (χ3n) is 3.16. The van der Waals surface area contributed by atoms with Crippen LogP contribution in [0.15, 0.2) is 11.1 Å². The van der Waals surface area contributed by atoms with Gasteiger partial charge in [0.2, 0.25) is 5.91 Å². The zero-order valence-corrected chi connectivity index (χ0v) is 10.8. The van der Waals surface area contributed by atoms with Crippen LogP contribution in [-0.4, -0.2) is 25.5 Å². The van der Waals surface area contributed by atoms with Gasteiger partial charge in [0.25, 0.3) is 0 Å². The minimum Gasteiger partial charge on any atom is -0.351 e. The Bertz CT molecular complexity index is 247. The summed E-state index contributed by atoms with van der Waals surface area (Å²) in [6.07, 6.45) is 2.78. The normalized spacial score (nSPS) is 19.6. The summed E-state index contributed by atoms with van der Waals surface area (Å²) < 4.78 is 0.816. The molecule has 0 unspecified atom stereocenters. The van der Waals surface area contributed by atoms with Gasteiger partial charge in [-0.3, -0.25) is 4.79 Å². The maximum absolute atomic E-state index is 12.1. The highest BCUT2D eigenvalue weighted by Gasteiger charge is 2.37. The fourth-order valence-corrected chi connectivity index (χ4v) is 2.15. The summed E-state index contributed by atoms with van der Waals surface area (Å²) >= 11 is 3.24. The van der Waals surface area contributed by atoms with E-state index >= 15 is 0 Å². The molecule has 0 bridgehead atoms. The number of hydrogen-bond acceptors (Lipinski definition) is 2. The van der Waals surface area contributed by atoms with Crippen LogP contribution in [0, 0.1) is 5.41 Å². The van der Waals surface area contributed by atoms with Crippen molar-refractivity contribution in [3.8, 4) is 0 Å². The van der Waals surface area contributed by atoms with Crippen molar-refractivity contribution < 1.29 is 4.79 Å². The molecule has 1 heterocycles. The average molecular weight is 275 g/mol. The maximum Gasteiger partial charge on any atom is 0.226 e. The average Bonchev–Trinajstić information content (AvgIpc) is 2.26. The summed E-state index contributed by atoms with van der Waals surface area (Å²) in [5.74, 6) is 0.173. The molecule has 86 valence electrons. The van der Waals surface area contributed by atoms with E-state index in [1.807, 2.05) is 0 Å². The predicted molar refractivity (Wildman–Crippen MR) is 65.9 cm³/mol. The minimum atomic E-state index is -0.159. The van der Waals surface area contributed by atoms with Gasteiger partial charge in [0.15, 0.2) is 0 Å². The number of carbonyl (C=O) groups excluding carboxylic acids is 1. The first kappa shape index (κ1) is 12.7. The molecule has 0 aliphatic carbocycles. The molecule has 0 aromatic carbocycles. The molecule has 2 N–H and O–H groups in total. The lowest BCUT2D eigenvalue weighted by molar-refractivity contribution is -0.132. The summed E-state index contributed by atoms with van der Waals surface area (Å²) in [5, 5.41) is 6.22. The Labute approximate surface area is 99.8 Å². The van der Waals surface area contributed by atoms with Crippen LogP contribution in [0.2, 0.25) is 0 Å². The van der Waals surface area contributed by atoms with Crippen LogP contribution < -0.4 is 10.6 Å². The first-order valence-electron chi connectivity index (χ1n) is 5.43. The van der Waals surface area contributed by atoms with Gasteiger partial charge in [-0.25, -0.2) is 0 Å².